The Morgan fingerprint density at radius 2 is 2.15 bits per heavy atom. The van der Waals surface area contributed by atoms with Gasteiger partial charge >= 0.3 is 0 Å². The SMILES string of the molecule is CNC(C)c1ccc(OC)c(F)c1. The van der Waals surface area contributed by atoms with E-state index in [-0.39, 0.29) is 17.6 Å². The Balaban J connectivity index is 2.95. The van der Waals surface area contributed by atoms with Crippen LogP contribution in [0.1, 0.15) is 18.5 Å². The van der Waals surface area contributed by atoms with Crippen LogP contribution in [0, 0.1) is 5.82 Å². The molecule has 0 aliphatic rings. The molecule has 0 bridgehead atoms. The van der Waals surface area contributed by atoms with Gasteiger partial charge in [-0.15, -0.1) is 0 Å². The predicted molar refractivity (Wildman–Crippen MR) is 50.4 cm³/mol. The van der Waals surface area contributed by atoms with Crippen molar-refractivity contribution in [3.63, 3.8) is 0 Å². The molecule has 0 fully saturated rings. The summed E-state index contributed by atoms with van der Waals surface area (Å²) < 4.78 is 18.0. The van der Waals surface area contributed by atoms with Crippen LogP contribution >= 0.6 is 0 Å². The molecule has 3 heteroatoms. The number of hydrogen-bond donors (Lipinski definition) is 1. The van der Waals surface area contributed by atoms with Gasteiger partial charge in [-0.05, 0) is 31.7 Å². The van der Waals surface area contributed by atoms with E-state index in [0.717, 1.165) is 5.56 Å². The van der Waals surface area contributed by atoms with Crippen molar-refractivity contribution in [2.75, 3.05) is 14.2 Å². The summed E-state index contributed by atoms with van der Waals surface area (Å²) in [5.41, 5.74) is 0.917. The van der Waals surface area contributed by atoms with Crippen molar-refractivity contribution in [2.24, 2.45) is 0 Å². The molecule has 2 nitrogen and oxygen atoms in total. The number of halogens is 1. The van der Waals surface area contributed by atoms with Crippen LogP contribution in [0.2, 0.25) is 0 Å². The Hall–Kier alpha value is -1.09. The van der Waals surface area contributed by atoms with Gasteiger partial charge in [0.15, 0.2) is 11.6 Å². The van der Waals surface area contributed by atoms with Crippen molar-refractivity contribution in [1.29, 1.82) is 0 Å². The van der Waals surface area contributed by atoms with Crippen LogP contribution in [0.4, 0.5) is 4.39 Å². The summed E-state index contributed by atoms with van der Waals surface area (Å²) in [6.45, 7) is 1.97. The summed E-state index contributed by atoms with van der Waals surface area (Å²) in [4.78, 5) is 0. The Labute approximate surface area is 77.7 Å². The molecule has 72 valence electrons. The van der Waals surface area contributed by atoms with E-state index in [0.29, 0.717) is 0 Å². The van der Waals surface area contributed by atoms with E-state index in [1.807, 2.05) is 20.0 Å². The van der Waals surface area contributed by atoms with E-state index in [4.69, 9.17) is 4.74 Å². The van der Waals surface area contributed by atoms with Crippen LogP contribution in [0.3, 0.4) is 0 Å². The molecule has 0 heterocycles. The van der Waals surface area contributed by atoms with E-state index in [9.17, 15) is 4.39 Å². The minimum Gasteiger partial charge on any atom is -0.494 e. The fraction of sp³-hybridized carbons (Fsp3) is 0.400. The summed E-state index contributed by atoms with van der Waals surface area (Å²) in [6.07, 6.45) is 0. The molecule has 0 saturated carbocycles. The van der Waals surface area contributed by atoms with Crippen molar-refractivity contribution in [3.8, 4) is 5.75 Å². The minimum absolute atomic E-state index is 0.153. The molecule has 0 saturated heterocycles. The van der Waals surface area contributed by atoms with E-state index >= 15 is 0 Å². The molecule has 1 N–H and O–H groups in total. The first-order valence-electron chi connectivity index (χ1n) is 4.19. The third kappa shape index (κ3) is 2.18. The molecule has 1 aromatic carbocycles. The standard InChI is InChI=1S/C10H14FNO/c1-7(12-2)8-4-5-10(13-3)9(11)6-8/h4-7,12H,1-3H3. The summed E-state index contributed by atoms with van der Waals surface area (Å²) in [6, 6.07) is 5.13. The predicted octanol–water partition coefficient (Wildman–Crippen LogP) is 2.11. The molecule has 0 spiro atoms. The molecular weight excluding hydrogens is 169 g/mol. The molecule has 0 aliphatic carbocycles. The highest BCUT2D eigenvalue weighted by Gasteiger charge is 2.07. The molecule has 1 rings (SSSR count). The summed E-state index contributed by atoms with van der Waals surface area (Å²) >= 11 is 0. The number of benzene rings is 1. The fourth-order valence-electron chi connectivity index (χ4n) is 1.12. The smallest absolute Gasteiger partial charge is 0.165 e. The molecule has 13 heavy (non-hydrogen) atoms. The highest BCUT2D eigenvalue weighted by molar-refractivity contribution is 5.30. The monoisotopic (exact) mass is 183 g/mol. The first kappa shape index (κ1) is 9.99. The third-order valence-corrected chi connectivity index (χ3v) is 2.11. The van der Waals surface area contributed by atoms with Gasteiger partial charge in [0, 0.05) is 6.04 Å². The number of ether oxygens (including phenoxy) is 1. The first-order valence-corrected chi connectivity index (χ1v) is 4.19. The minimum atomic E-state index is -0.317. The Bertz CT molecular complexity index is 288. The average Bonchev–Trinajstić information content (AvgIpc) is 2.16. The molecule has 0 amide bonds. The Kier molecular flexibility index (Phi) is 3.25. The molecule has 0 aliphatic heterocycles. The molecule has 1 unspecified atom stereocenters. The quantitative estimate of drug-likeness (QED) is 0.775. The van der Waals surface area contributed by atoms with Gasteiger partial charge in [-0.2, -0.15) is 0 Å². The largest absolute Gasteiger partial charge is 0.494 e. The van der Waals surface area contributed by atoms with Crippen LogP contribution in [0.15, 0.2) is 18.2 Å². The number of nitrogens with one attached hydrogen (secondary N) is 1. The normalized spacial score (nSPS) is 12.6. The third-order valence-electron chi connectivity index (χ3n) is 2.11. The van der Waals surface area contributed by atoms with Crippen LogP contribution in [0.5, 0.6) is 5.75 Å². The van der Waals surface area contributed by atoms with Crippen molar-refractivity contribution in [1.82, 2.24) is 5.32 Å². The number of methoxy groups -OCH3 is 1. The lowest BCUT2D eigenvalue weighted by molar-refractivity contribution is 0.385. The zero-order chi connectivity index (χ0) is 9.84. The molecule has 1 aromatic rings. The van der Waals surface area contributed by atoms with Crippen LogP contribution < -0.4 is 10.1 Å². The maximum atomic E-state index is 13.2. The van der Waals surface area contributed by atoms with Gasteiger partial charge in [0.1, 0.15) is 0 Å². The lowest BCUT2D eigenvalue weighted by atomic mass is 10.1. The number of hydrogen-bond acceptors (Lipinski definition) is 2. The van der Waals surface area contributed by atoms with Gasteiger partial charge < -0.3 is 10.1 Å². The van der Waals surface area contributed by atoms with Gasteiger partial charge in [-0.1, -0.05) is 6.07 Å². The van der Waals surface area contributed by atoms with Crippen LogP contribution in [-0.4, -0.2) is 14.2 Å². The second kappa shape index (κ2) is 4.23. The topological polar surface area (TPSA) is 21.3 Å². The average molecular weight is 183 g/mol. The van der Waals surface area contributed by atoms with E-state index in [2.05, 4.69) is 5.32 Å². The zero-order valence-electron chi connectivity index (χ0n) is 8.10. The second-order valence-corrected chi connectivity index (χ2v) is 2.90. The van der Waals surface area contributed by atoms with Crippen LogP contribution in [0.25, 0.3) is 0 Å². The summed E-state index contributed by atoms with van der Waals surface area (Å²) in [7, 11) is 3.30. The van der Waals surface area contributed by atoms with Gasteiger partial charge in [0.2, 0.25) is 0 Å². The maximum Gasteiger partial charge on any atom is 0.165 e. The van der Waals surface area contributed by atoms with Crippen LogP contribution in [-0.2, 0) is 0 Å². The van der Waals surface area contributed by atoms with Gasteiger partial charge in [0.05, 0.1) is 7.11 Å². The molecule has 0 radical (unpaired) electrons. The first-order chi connectivity index (χ1) is 6.19. The van der Waals surface area contributed by atoms with E-state index in [1.165, 1.54) is 13.2 Å². The van der Waals surface area contributed by atoms with Crippen molar-refractivity contribution >= 4 is 0 Å². The zero-order valence-corrected chi connectivity index (χ0v) is 8.10. The lowest BCUT2D eigenvalue weighted by Gasteiger charge is -2.11. The van der Waals surface area contributed by atoms with Crippen molar-refractivity contribution in [2.45, 2.75) is 13.0 Å². The molecule has 1 atom stereocenters. The summed E-state index contributed by atoms with van der Waals surface area (Å²) in [5, 5.41) is 3.04. The van der Waals surface area contributed by atoms with E-state index in [1.54, 1.807) is 6.07 Å². The molecule has 0 aromatic heterocycles. The lowest BCUT2D eigenvalue weighted by Crippen LogP contribution is -2.12. The fourth-order valence-corrected chi connectivity index (χ4v) is 1.12. The van der Waals surface area contributed by atoms with Crippen molar-refractivity contribution in [3.05, 3.63) is 29.6 Å². The highest BCUT2D eigenvalue weighted by Crippen LogP contribution is 2.21. The van der Waals surface area contributed by atoms with E-state index < -0.39 is 0 Å². The Morgan fingerprint density at radius 3 is 2.62 bits per heavy atom. The highest BCUT2D eigenvalue weighted by atomic mass is 19.1. The van der Waals surface area contributed by atoms with Gasteiger partial charge in [-0.25, -0.2) is 4.39 Å². The maximum absolute atomic E-state index is 13.2. The second-order valence-electron chi connectivity index (χ2n) is 2.90. The Morgan fingerprint density at radius 1 is 1.46 bits per heavy atom. The summed E-state index contributed by atoms with van der Waals surface area (Å²) in [5.74, 6) is -0.0332. The van der Waals surface area contributed by atoms with Crippen molar-refractivity contribution < 1.29 is 9.13 Å². The van der Waals surface area contributed by atoms with Gasteiger partial charge in [0.25, 0.3) is 0 Å². The number of rotatable bonds is 3. The van der Waals surface area contributed by atoms with Gasteiger partial charge in [-0.3, -0.25) is 0 Å². The molecular formula is C10H14FNO.